The van der Waals surface area contributed by atoms with E-state index in [0.717, 1.165) is 212 Å². The molecule has 0 N–H and O–H groups in total. The van der Waals surface area contributed by atoms with Crippen LogP contribution in [0.1, 0.15) is 174 Å². The molecule has 4 bridgehead atoms. The van der Waals surface area contributed by atoms with Gasteiger partial charge in [-0.25, -0.2) is 12.8 Å². The smallest absolute Gasteiger partial charge is 0.416 e. The lowest BCUT2D eigenvalue weighted by atomic mass is 9.73. The molecule has 15 rings (SSSR count). The number of allylic oxidation sites excluding steroid dienone is 2. The van der Waals surface area contributed by atoms with Gasteiger partial charge in [-0.15, -0.1) is 0 Å². The highest BCUT2D eigenvalue weighted by molar-refractivity contribution is 7.90. The third-order valence-electron chi connectivity index (χ3n) is 25.2. The van der Waals surface area contributed by atoms with Crippen molar-refractivity contribution in [2.45, 2.75) is 187 Å². The van der Waals surface area contributed by atoms with Crippen molar-refractivity contribution in [2.24, 2.45) is 29.6 Å². The van der Waals surface area contributed by atoms with Crippen LogP contribution in [0.3, 0.4) is 0 Å². The average molecular weight is 1450 g/mol. The molecular weight excluding hydrogens is 1330 g/mol. The van der Waals surface area contributed by atoms with Crippen LogP contribution in [0.5, 0.6) is 17.2 Å². The predicted molar refractivity (Wildman–Crippen MR) is 397 cm³/mol. The molecule has 4 unspecified atom stereocenters. The number of aryl methyl sites for hydroxylation is 1. The van der Waals surface area contributed by atoms with Crippen molar-refractivity contribution < 1.29 is 49.7 Å². The summed E-state index contributed by atoms with van der Waals surface area (Å²) in [4.78, 5) is 10.6. The van der Waals surface area contributed by atoms with Crippen LogP contribution in [0.15, 0.2) is 120 Å². The molecular formula is C84H110ClF4N5O7S. The lowest BCUT2D eigenvalue weighted by Crippen LogP contribution is -2.46. The van der Waals surface area contributed by atoms with Crippen molar-refractivity contribution in [3.8, 4) is 34.4 Å². The van der Waals surface area contributed by atoms with E-state index < -0.39 is 32.7 Å². The summed E-state index contributed by atoms with van der Waals surface area (Å²) in [6, 6.07) is 35.5. The zero-order valence-corrected chi connectivity index (χ0v) is 62.5. The number of nitriles is 1. The molecule has 5 aromatic carbocycles. The number of likely N-dealkylation sites (tertiary alicyclic amines) is 4. The van der Waals surface area contributed by atoms with Crippen LogP contribution in [0, 0.1) is 47.8 Å². The molecule has 10 aliphatic rings. The van der Waals surface area contributed by atoms with Gasteiger partial charge in [-0.2, -0.15) is 18.4 Å². The summed E-state index contributed by atoms with van der Waals surface area (Å²) in [5, 5.41) is 10.5. The molecule has 18 heteroatoms. The molecule has 6 saturated heterocycles. The number of alkyl halides is 4. The SMILES string of the molecule is COc1ccc(-c2ccc(S(C)(=O)=O)cc2)cc1C1CCN(C2CCOCC2)CC1.COc1ccc(Cl)cc1C1(F)CCN(C2CCC3CCC(C3)C2)CC1.COc1ccccc1C1(C#N)CCN(C[C@@H]2C[C@H]3C=CC2C3)CC1.Cc1ccc(C(F)(F)F)cc1C1CCN(C2CCOCC2)CC1. The molecule has 6 heterocycles. The molecule has 0 radical (unpaired) electrons. The lowest BCUT2D eigenvalue weighted by molar-refractivity contribution is -0.137. The highest BCUT2D eigenvalue weighted by Crippen LogP contribution is 2.49. The quantitative estimate of drug-likeness (QED) is 0.0778. The number of halogens is 5. The molecule has 0 spiro atoms. The molecule has 102 heavy (non-hydrogen) atoms. The maximum Gasteiger partial charge on any atom is 0.416 e. The van der Waals surface area contributed by atoms with Crippen LogP contribution in [0.2, 0.25) is 5.02 Å². The summed E-state index contributed by atoms with van der Waals surface area (Å²) in [5.41, 5.74) is 4.68. The van der Waals surface area contributed by atoms with Crippen LogP contribution >= 0.6 is 11.6 Å². The van der Waals surface area contributed by atoms with Crippen molar-refractivity contribution in [2.75, 3.05) is 113 Å². The van der Waals surface area contributed by atoms with Gasteiger partial charge < -0.3 is 43.3 Å². The van der Waals surface area contributed by atoms with Crippen molar-refractivity contribution >= 4 is 21.4 Å². The van der Waals surface area contributed by atoms with E-state index in [2.05, 4.69) is 56.0 Å². The Balaban J connectivity index is 0.000000129. The number of ether oxygens (including phenoxy) is 5. The minimum Gasteiger partial charge on any atom is -0.496 e. The molecule has 554 valence electrons. The van der Waals surface area contributed by atoms with Crippen LogP contribution in [-0.4, -0.2) is 159 Å². The van der Waals surface area contributed by atoms with Gasteiger partial charge in [0.05, 0.1) is 43.3 Å². The van der Waals surface area contributed by atoms with Crippen LogP contribution in [0.25, 0.3) is 11.1 Å². The third kappa shape index (κ3) is 18.6. The Bertz CT molecular complexity index is 3730. The van der Waals surface area contributed by atoms with Crippen molar-refractivity contribution in [1.29, 1.82) is 5.26 Å². The second-order valence-corrected chi connectivity index (χ2v) is 33.7. The van der Waals surface area contributed by atoms with Crippen molar-refractivity contribution in [3.05, 3.63) is 154 Å². The van der Waals surface area contributed by atoms with E-state index in [9.17, 15) is 26.9 Å². The first-order valence-electron chi connectivity index (χ1n) is 38.2. The maximum absolute atomic E-state index is 15.7. The van der Waals surface area contributed by atoms with Crippen molar-refractivity contribution in [1.82, 2.24) is 19.6 Å². The number of fused-ring (bicyclic) bond motifs is 4. The number of benzene rings is 5. The number of hydrogen-bond donors (Lipinski definition) is 0. The Hall–Kier alpha value is -5.55. The van der Waals surface area contributed by atoms with Gasteiger partial charge in [-0.05, 0) is 292 Å². The number of para-hydroxylation sites is 1. The topological polar surface area (TPSA) is 117 Å². The Labute approximate surface area is 610 Å². The molecule has 9 fully saturated rings. The van der Waals surface area contributed by atoms with Crippen molar-refractivity contribution in [3.63, 3.8) is 0 Å². The van der Waals surface area contributed by atoms with E-state index in [1.54, 1.807) is 57.7 Å². The minimum absolute atomic E-state index is 0.244. The van der Waals surface area contributed by atoms with Crippen LogP contribution in [0.4, 0.5) is 17.6 Å². The van der Waals surface area contributed by atoms with Gasteiger partial charge in [-0.1, -0.05) is 79.1 Å². The zero-order valence-electron chi connectivity index (χ0n) is 61.0. The number of piperidine rings is 4. The molecule has 0 amide bonds. The van der Waals surface area contributed by atoms with Gasteiger partial charge in [0.25, 0.3) is 0 Å². The van der Waals surface area contributed by atoms with E-state index in [1.165, 1.54) is 81.9 Å². The standard InChI is InChI=1S/C24H31NO4S.C21H29ClFNO.C21H26N2O.C18H24F3NO/c1-28-24-8-5-20(18-3-6-22(7-4-18)30(2,26)27)17-23(24)19-9-13-25(14-10-19)21-11-15-29-16-12-21;1-25-20-7-5-17(22)14-19(20)21(23)8-10-24(11-9-21)18-6-4-15-2-3-16(12-15)13-18;1-24-20-5-3-2-4-19(20)21(15-22)8-10-23(11-9-21)14-18-13-16-6-7-17(18)12-16;1-13-2-3-15(18(19,20)21)12-17(13)14-4-8-22(9-5-14)16-6-10-23-11-7-16/h3-8,17,19,21H,9-16H2,1-2H3;5,7,14-16,18H,2-4,6,8-13H2,1H3;2-7,16-18H,8-14H2,1H3;2-3,12,14,16H,4-11H2,1H3/t;;16-,17?,18-;/m..0./s1. The van der Waals surface area contributed by atoms with E-state index >= 15 is 4.39 Å². The summed E-state index contributed by atoms with van der Waals surface area (Å²) in [7, 11) is 1.85. The largest absolute Gasteiger partial charge is 0.496 e. The van der Waals surface area contributed by atoms with Crippen LogP contribution in [-0.2, 0) is 36.6 Å². The first-order chi connectivity index (χ1) is 49.2. The molecule has 6 aliphatic heterocycles. The fourth-order valence-corrected chi connectivity index (χ4v) is 19.9. The number of nitrogens with zero attached hydrogens (tertiary/aromatic N) is 5. The van der Waals surface area contributed by atoms with E-state index in [4.69, 9.17) is 35.3 Å². The summed E-state index contributed by atoms with van der Waals surface area (Å²) in [6.07, 6.45) is 24.4. The number of methoxy groups -OCH3 is 3. The lowest BCUT2D eigenvalue weighted by Gasteiger charge is -2.41. The number of hydrogen-bond acceptors (Lipinski definition) is 12. The van der Waals surface area contributed by atoms with Gasteiger partial charge in [0.1, 0.15) is 22.9 Å². The molecule has 3 saturated carbocycles. The molecule has 6 atom stereocenters. The molecule has 12 nitrogen and oxygen atoms in total. The van der Waals surface area contributed by atoms with E-state index in [1.807, 2.05) is 43.3 Å². The van der Waals surface area contributed by atoms with Crippen LogP contribution < -0.4 is 14.2 Å². The summed E-state index contributed by atoms with van der Waals surface area (Å²) in [6.45, 7) is 14.5. The Kier molecular flexibility index (Phi) is 25.6. The van der Waals surface area contributed by atoms with Gasteiger partial charge in [0.2, 0.25) is 0 Å². The van der Waals surface area contributed by atoms with E-state index in [0.29, 0.717) is 58.1 Å². The summed E-state index contributed by atoms with van der Waals surface area (Å²) < 4.78 is 106. The van der Waals surface area contributed by atoms with Gasteiger partial charge in [0, 0.05) is 86.6 Å². The monoisotopic (exact) mass is 1440 g/mol. The summed E-state index contributed by atoms with van der Waals surface area (Å²) in [5.74, 6) is 7.51. The number of sulfone groups is 1. The zero-order chi connectivity index (χ0) is 71.6. The molecule has 4 aliphatic carbocycles. The van der Waals surface area contributed by atoms with Gasteiger partial charge in [0.15, 0.2) is 9.84 Å². The third-order valence-corrected chi connectivity index (χ3v) is 26.5. The fraction of sp³-hybridized carbons (Fsp3) is 0.607. The molecule has 0 aromatic heterocycles. The van der Waals surface area contributed by atoms with Gasteiger partial charge >= 0.3 is 6.18 Å². The second kappa shape index (κ2) is 34.3. The Morgan fingerprint density at radius 3 is 1.72 bits per heavy atom. The Morgan fingerprint density at radius 2 is 1.14 bits per heavy atom. The maximum atomic E-state index is 15.7. The fourth-order valence-electron chi connectivity index (χ4n) is 19.1. The first kappa shape index (κ1) is 76.1. The summed E-state index contributed by atoms with van der Waals surface area (Å²) >= 11 is 6.13. The average Bonchev–Trinajstić information content (AvgIpc) is 1.26. The van der Waals surface area contributed by atoms with E-state index in [-0.39, 0.29) is 5.92 Å². The highest BCUT2D eigenvalue weighted by atomic mass is 35.5. The Morgan fingerprint density at radius 1 is 0.569 bits per heavy atom. The minimum atomic E-state index is -4.26. The number of rotatable bonds is 14. The predicted octanol–water partition coefficient (Wildman–Crippen LogP) is 17.8. The van der Waals surface area contributed by atoms with Gasteiger partial charge in [-0.3, -0.25) is 0 Å². The second-order valence-electron chi connectivity index (χ2n) is 31.2. The first-order valence-corrected chi connectivity index (χ1v) is 40.5. The molecule has 5 aromatic rings. The normalized spacial score (nSPS) is 26.1. The highest BCUT2D eigenvalue weighted by Gasteiger charge is 2.44.